The van der Waals surface area contributed by atoms with Crippen LogP contribution in [0.2, 0.25) is 0 Å². The molecule has 2 rings (SSSR count). The summed E-state index contributed by atoms with van der Waals surface area (Å²) in [5.74, 6) is 0.277. The second-order valence-corrected chi connectivity index (χ2v) is 4.80. The van der Waals surface area contributed by atoms with Gasteiger partial charge in [0.2, 0.25) is 0 Å². The van der Waals surface area contributed by atoms with Crippen LogP contribution in [0.5, 0.6) is 5.75 Å². The van der Waals surface area contributed by atoms with Crippen molar-refractivity contribution in [3.63, 3.8) is 0 Å². The van der Waals surface area contributed by atoms with Crippen LogP contribution in [0.4, 0.5) is 10.2 Å². The van der Waals surface area contributed by atoms with Crippen LogP contribution in [-0.2, 0) is 4.74 Å². The van der Waals surface area contributed by atoms with E-state index in [1.54, 1.807) is 19.2 Å². The van der Waals surface area contributed by atoms with Crippen LogP contribution in [0.3, 0.4) is 0 Å². The Morgan fingerprint density at radius 1 is 1.28 bits per heavy atom. The Balaban J connectivity index is 2.08. The number of rotatable bonds is 3. The molecular weight excluding hydrogens is 235 g/mol. The van der Waals surface area contributed by atoms with Gasteiger partial charge in [0.15, 0.2) is 5.75 Å². The largest absolute Gasteiger partial charge is 0.492 e. The molecule has 4 nitrogen and oxygen atoms in total. The summed E-state index contributed by atoms with van der Waals surface area (Å²) in [4.78, 5) is 6.01. The maximum absolute atomic E-state index is 13.5. The molecule has 0 saturated carbocycles. The maximum Gasteiger partial charge on any atom is 0.257 e. The quantitative estimate of drug-likeness (QED) is 0.775. The van der Waals surface area contributed by atoms with E-state index in [-0.39, 0.29) is 11.4 Å². The van der Waals surface area contributed by atoms with Crippen molar-refractivity contribution in [2.24, 2.45) is 0 Å². The zero-order chi connectivity index (χ0) is 13.2. The zero-order valence-electron chi connectivity index (χ0n) is 11.1. The molecule has 2 heterocycles. The third-order valence-electron chi connectivity index (χ3n) is 3.66. The molecule has 0 aromatic carbocycles. The van der Waals surface area contributed by atoms with Crippen molar-refractivity contribution in [2.75, 3.05) is 32.2 Å². The molecule has 0 amide bonds. The number of pyridine rings is 1. The van der Waals surface area contributed by atoms with Gasteiger partial charge < -0.3 is 14.4 Å². The predicted molar refractivity (Wildman–Crippen MR) is 67.6 cm³/mol. The molecule has 1 aliphatic heterocycles. The van der Waals surface area contributed by atoms with Crippen molar-refractivity contribution in [2.45, 2.75) is 25.4 Å². The van der Waals surface area contributed by atoms with Gasteiger partial charge in [-0.15, -0.1) is 0 Å². The molecule has 0 bridgehead atoms. The lowest BCUT2D eigenvalue weighted by Crippen LogP contribution is -2.44. The molecule has 0 N–H and O–H groups in total. The summed E-state index contributed by atoms with van der Waals surface area (Å²) in [7, 11) is 3.17. The Morgan fingerprint density at radius 2 is 1.94 bits per heavy atom. The lowest BCUT2D eigenvalue weighted by molar-refractivity contribution is -0.0133. The predicted octanol–water partition coefficient (Wildman–Crippen LogP) is 2.23. The van der Waals surface area contributed by atoms with Gasteiger partial charge in [-0.1, -0.05) is 0 Å². The van der Waals surface area contributed by atoms with Crippen molar-refractivity contribution >= 4 is 5.82 Å². The number of piperidine rings is 1. The molecule has 0 radical (unpaired) electrons. The summed E-state index contributed by atoms with van der Waals surface area (Å²) in [6.07, 6.45) is 1.83. The third kappa shape index (κ3) is 2.56. The molecule has 0 atom stereocenters. The lowest BCUT2D eigenvalue weighted by Gasteiger charge is -2.38. The molecule has 1 fully saturated rings. The number of nitrogens with zero attached hydrogens (tertiary/aromatic N) is 2. The number of hydrogen-bond donors (Lipinski definition) is 0. The molecule has 5 heteroatoms. The fourth-order valence-electron chi connectivity index (χ4n) is 2.15. The second kappa shape index (κ2) is 5.10. The summed E-state index contributed by atoms with van der Waals surface area (Å²) in [6, 6.07) is 3.40. The highest BCUT2D eigenvalue weighted by atomic mass is 19.1. The number of ether oxygens (including phenoxy) is 2. The number of methoxy groups -OCH3 is 2. The van der Waals surface area contributed by atoms with Crippen molar-refractivity contribution in [3.8, 4) is 5.75 Å². The minimum absolute atomic E-state index is 0.0679. The molecule has 0 aliphatic carbocycles. The smallest absolute Gasteiger partial charge is 0.257 e. The van der Waals surface area contributed by atoms with Gasteiger partial charge in [0.05, 0.1) is 12.7 Å². The van der Waals surface area contributed by atoms with E-state index in [4.69, 9.17) is 9.47 Å². The van der Waals surface area contributed by atoms with Crippen LogP contribution in [0, 0.1) is 5.95 Å². The summed E-state index contributed by atoms with van der Waals surface area (Å²) in [6.45, 7) is 3.75. The maximum atomic E-state index is 13.5. The molecule has 1 aromatic rings. The highest BCUT2D eigenvalue weighted by Gasteiger charge is 2.30. The first-order valence-corrected chi connectivity index (χ1v) is 6.08. The number of hydrogen-bond acceptors (Lipinski definition) is 4. The van der Waals surface area contributed by atoms with Gasteiger partial charge in [0.25, 0.3) is 5.95 Å². The summed E-state index contributed by atoms with van der Waals surface area (Å²) >= 11 is 0. The van der Waals surface area contributed by atoms with E-state index in [2.05, 4.69) is 16.8 Å². The van der Waals surface area contributed by atoms with E-state index >= 15 is 0 Å². The van der Waals surface area contributed by atoms with E-state index < -0.39 is 5.95 Å². The van der Waals surface area contributed by atoms with E-state index in [9.17, 15) is 4.39 Å². The summed E-state index contributed by atoms with van der Waals surface area (Å²) in [5.41, 5.74) is -0.0679. The third-order valence-corrected chi connectivity index (χ3v) is 3.66. The Labute approximate surface area is 107 Å². The van der Waals surface area contributed by atoms with Crippen LogP contribution in [0.1, 0.15) is 19.8 Å². The highest BCUT2D eigenvalue weighted by Crippen LogP contribution is 2.28. The molecule has 1 aliphatic rings. The van der Waals surface area contributed by atoms with E-state index in [1.807, 2.05) is 0 Å². The number of anilines is 1. The van der Waals surface area contributed by atoms with Gasteiger partial charge in [0.1, 0.15) is 5.82 Å². The molecule has 0 unspecified atom stereocenters. The average Bonchev–Trinajstić information content (AvgIpc) is 2.39. The summed E-state index contributed by atoms with van der Waals surface area (Å²) in [5, 5.41) is 0. The SMILES string of the molecule is COc1ccc(N2CCC(C)(OC)CC2)nc1F. The van der Waals surface area contributed by atoms with Gasteiger partial charge in [-0.3, -0.25) is 0 Å². The standard InChI is InChI=1S/C13H19FN2O2/c1-13(18-3)6-8-16(9-7-13)11-5-4-10(17-2)12(14)15-11/h4-5H,6-9H2,1-3H3. The molecule has 18 heavy (non-hydrogen) atoms. The monoisotopic (exact) mass is 254 g/mol. The Hall–Kier alpha value is -1.36. The summed E-state index contributed by atoms with van der Waals surface area (Å²) < 4.78 is 23.9. The van der Waals surface area contributed by atoms with Gasteiger partial charge in [-0.25, -0.2) is 0 Å². The van der Waals surface area contributed by atoms with Gasteiger partial charge >= 0.3 is 0 Å². The molecule has 1 saturated heterocycles. The van der Waals surface area contributed by atoms with Crippen molar-refractivity contribution in [3.05, 3.63) is 18.1 Å². The first kappa shape index (κ1) is 13.1. The van der Waals surface area contributed by atoms with Crippen molar-refractivity contribution in [1.29, 1.82) is 0 Å². The highest BCUT2D eigenvalue weighted by molar-refractivity contribution is 5.42. The van der Waals surface area contributed by atoms with Crippen LogP contribution in [0.15, 0.2) is 12.1 Å². The van der Waals surface area contributed by atoms with Gasteiger partial charge in [-0.05, 0) is 31.9 Å². The van der Waals surface area contributed by atoms with Gasteiger partial charge in [0, 0.05) is 20.2 Å². The fraction of sp³-hybridized carbons (Fsp3) is 0.615. The van der Waals surface area contributed by atoms with E-state index in [1.165, 1.54) is 7.11 Å². The van der Waals surface area contributed by atoms with E-state index in [0.29, 0.717) is 5.82 Å². The number of aromatic nitrogens is 1. The first-order chi connectivity index (χ1) is 8.58. The van der Waals surface area contributed by atoms with Crippen LogP contribution < -0.4 is 9.64 Å². The van der Waals surface area contributed by atoms with Crippen molar-refractivity contribution in [1.82, 2.24) is 4.98 Å². The average molecular weight is 254 g/mol. The molecule has 0 spiro atoms. The minimum atomic E-state index is -0.560. The van der Waals surface area contributed by atoms with Crippen LogP contribution in [-0.4, -0.2) is 37.9 Å². The lowest BCUT2D eigenvalue weighted by atomic mass is 9.93. The first-order valence-electron chi connectivity index (χ1n) is 6.08. The Bertz CT molecular complexity index is 417. The fourth-order valence-corrected chi connectivity index (χ4v) is 2.15. The Kier molecular flexibility index (Phi) is 3.71. The number of halogens is 1. The minimum Gasteiger partial charge on any atom is -0.492 e. The Morgan fingerprint density at radius 3 is 2.44 bits per heavy atom. The van der Waals surface area contributed by atoms with Crippen LogP contribution >= 0.6 is 0 Å². The van der Waals surface area contributed by atoms with Gasteiger partial charge in [-0.2, -0.15) is 9.37 Å². The van der Waals surface area contributed by atoms with Crippen molar-refractivity contribution < 1.29 is 13.9 Å². The molecular formula is C13H19FN2O2. The normalized spacial score (nSPS) is 18.8. The van der Waals surface area contributed by atoms with Crippen LogP contribution in [0.25, 0.3) is 0 Å². The molecule has 100 valence electrons. The second-order valence-electron chi connectivity index (χ2n) is 4.80. The zero-order valence-corrected chi connectivity index (χ0v) is 11.1. The van der Waals surface area contributed by atoms with E-state index in [0.717, 1.165) is 25.9 Å². The molecule has 1 aromatic heterocycles. The topological polar surface area (TPSA) is 34.6 Å².